The van der Waals surface area contributed by atoms with Gasteiger partial charge in [-0.15, -0.1) is 0 Å². The Kier molecular flexibility index (Phi) is 7.09. The molecule has 0 saturated carbocycles. The van der Waals surface area contributed by atoms with Crippen molar-refractivity contribution in [1.29, 1.82) is 0 Å². The third-order valence-electron chi connectivity index (χ3n) is 5.87. The molecule has 0 radical (unpaired) electrons. The van der Waals surface area contributed by atoms with E-state index in [0.29, 0.717) is 24.0 Å². The maximum atomic E-state index is 12.8. The summed E-state index contributed by atoms with van der Waals surface area (Å²) in [5.41, 5.74) is 2.48. The quantitative estimate of drug-likeness (QED) is 0.330. The highest BCUT2D eigenvalue weighted by atomic mass is 32.2. The van der Waals surface area contributed by atoms with E-state index in [1.807, 2.05) is 30.3 Å². The molecule has 1 unspecified atom stereocenters. The summed E-state index contributed by atoms with van der Waals surface area (Å²) in [6, 6.07) is 20.9. The van der Waals surface area contributed by atoms with E-state index in [1.165, 1.54) is 12.1 Å². The van der Waals surface area contributed by atoms with E-state index in [-0.39, 0.29) is 29.7 Å². The SMILES string of the molecule is O=C(O)C(CCCCN1C(=O)c2ccccc2C1=O)NS(=O)(=O)c1ccc(-c2ccccc2)cc1. The third kappa shape index (κ3) is 5.31. The number of imide groups is 1. The normalized spacial score (nSPS) is 14.1. The van der Waals surface area contributed by atoms with Crippen LogP contribution in [0.4, 0.5) is 0 Å². The monoisotopic (exact) mass is 492 g/mol. The summed E-state index contributed by atoms with van der Waals surface area (Å²) in [7, 11) is -4.06. The van der Waals surface area contributed by atoms with Crippen molar-refractivity contribution in [3.05, 3.63) is 90.0 Å². The molecule has 1 heterocycles. The fourth-order valence-corrected chi connectivity index (χ4v) is 5.23. The summed E-state index contributed by atoms with van der Waals surface area (Å²) in [6.07, 6.45) is 0.669. The minimum atomic E-state index is -4.06. The van der Waals surface area contributed by atoms with Crippen molar-refractivity contribution in [2.45, 2.75) is 30.2 Å². The van der Waals surface area contributed by atoms with Crippen LogP contribution in [0.1, 0.15) is 40.0 Å². The Hall–Kier alpha value is -3.82. The lowest BCUT2D eigenvalue weighted by atomic mass is 10.1. The lowest BCUT2D eigenvalue weighted by molar-refractivity contribution is -0.139. The second-order valence-corrected chi connectivity index (χ2v) is 9.92. The molecule has 1 aliphatic rings. The number of hydrogen-bond acceptors (Lipinski definition) is 5. The average molecular weight is 493 g/mol. The molecule has 0 aliphatic carbocycles. The summed E-state index contributed by atoms with van der Waals surface area (Å²) in [5.74, 6) is -2.05. The number of hydrogen-bond donors (Lipinski definition) is 2. The van der Waals surface area contributed by atoms with Crippen molar-refractivity contribution in [2.24, 2.45) is 0 Å². The number of carboxylic acid groups (broad SMARTS) is 1. The fourth-order valence-electron chi connectivity index (χ4n) is 4.01. The van der Waals surface area contributed by atoms with Gasteiger partial charge in [-0.05, 0) is 54.7 Å². The molecule has 2 N–H and O–H groups in total. The summed E-state index contributed by atoms with van der Waals surface area (Å²) in [4.78, 5) is 37.7. The highest BCUT2D eigenvalue weighted by molar-refractivity contribution is 7.89. The maximum Gasteiger partial charge on any atom is 0.321 e. The van der Waals surface area contributed by atoms with Crippen LogP contribution in [0.5, 0.6) is 0 Å². The molecule has 3 aromatic carbocycles. The lowest BCUT2D eigenvalue weighted by Crippen LogP contribution is -2.40. The molecule has 4 rings (SSSR count). The van der Waals surface area contributed by atoms with E-state index in [2.05, 4.69) is 4.72 Å². The topological polar surface area (TPSA) is 121 Å². The van der Waals surface area contributed by atoms with Gasteiger partial charge in [0.25, 0.3) is 11.8 Å². The molecule has 0 saturated heterocycles. The van der Waals surface area contributed by atoms with Gasteiger partial charge in [0.1, 0.15) is 6.04 Å². The van der Waals surface area contributed by atoms with Crippen LogP contribution in [-0.2, 0) is 14.8 Å². The van der Waals surface area contributed by atoms with E-state index >= 15 is 0 Å². The number of unbranched alkanes of at least 4 members (excludes halogenated alkanes) is 1. The molecule has 1 aliphatic heterocycles. The van der Waals surface area contributed by atoms with Crippen LogP contribution < -0.4 is 4.72 Å². The maximum absolute atomic E-state index is 12.8. The molecule has 0 fully saturated rings. The largest absolute Gasteiger partial charge is 0.480 e. The van der Waals surface area contributed by atoms with E-state index in [0.717, 1.165) is 16.0 Å². The van der Waals surface area contributed by atoms with E-state index in [9.17, 15) is 27.9 Å². The first-order valence-corrected chi connectivity index (χ1v) is 12.6. The van der Waals surface area contributed by atoms with Gasteiger partial charge in [0, 0.05) is 6.54 Å². The third-order valence-corrected chi connectivity index (χ3v) is 7.36. The second-order valence-electron chi connectivity index (χ2n) is 8.21. The highest BCUT2D eigenvalue weighted by Crippen LogP contribution is 2.24. The molecule has 3 aromatic rings. The van der Waals surface area contributed by atoms with Crippen LogP contribution in [0, 0.1) is 0 Å². The number of carbonyl (C=O) groups excluding carboxylic acids is 2. The molecule has 35 heavy (non-hydrogen) atoms. The number of carboxylic acids is 1. The number of benzene rings is 3. The van der Waals surface area contributed by atoms with E-state index < -0.39 is 22.0 Å². The van der Waals surface area contributed by atoms with Crippen molar-refractivity contribution < 1.29 is 27.9 Å². The first kappa shape index (κ1) is 24.3. The van der Waals surface area contributed by atoms with Crippen LogP contribution in [0.2, 0.25) is 0 Å². The van der Waals surface area contributed by atoms with Crippen molar-refractivity contribution in [1.82, 2.24) is 9.62 Å². The Bertz CT molecular complexity index is 1320. The second kappa shape index (κ2) is 10.2. The molecule has 2 amide bonds. The summed E-state index contributed by atoms with van der Waals surface area (Å²) >= 11 is 0. The standard InChI is InChI=1S/C26H24N2O6S/c29-24-21-10-4-5-11-22(21)25(30)28(24)17-7-6-12-23(26(31)32)27-35(33,34)20-15-13-19(14-16-20)18-8-2-1-3-9-18/h1-5,8-11,13-16,23,27H,6-7,12,17H2,(H,31,32). The molecular weight excluding hydrogens is 468 g/mol. The lowest BCUT2D eigenvalue weighted by Gasteiger charge is -2.17. The first-order chi connectivity index (χ1) is 16.8. The molecule has 8 nitrogen and oxygen atoms in total. The molecule has 1 atom stereocenters. The van der Waals surface area contributed by atoms with Crippen LogP contribution in [-0.4, -0.2) is 48.8 Å². The van der Waals surface area contributed by atoms with Gasteiger partial charge >= 0.3 is 5.97 Å². The zero-order valence-corrected chi connectivity index (χ0v) is 19.6. The number of nitrogens with zero attached hydrogens (tertiary/aromatic N) is 1. The molecular formula is C26H24N2O6S. The average Bonchev–Trinajstić information content (AvgIpc) is 3.11. The van der Waals surface area contributed by atoms with Crippen LogP contribution in [0.25, 0.3) is 11.1 Å². The van der Waals surface area contributed by atoms with Gasteiger partial charge < -0.3 is 5.11 Å². The number of aliphatic carboxylic acids is 1. The fraction of sp³-hybridized carbons (Fsp3) is 0.192. The van der Waals surface area contributed by atoms with Crippen molar-refractivity contribution >= 4 is 27.8 Å². The predicted molar refractivity (Wildman–Crippen MR) is 129 cm³/mol. The van der Waals surface area contributed by atoms with Crippen molar-refractivity contribution in [3.8, 4) is 11.1 Å². The number of fused-ring (bicyclic) bond motifs is 1. The van der Waals surface area contributed by atoms with Gasteiger partial charge in [-0.25, -0.2) is 8.42 Å². The summed E-state index contributed by atoms with van der Waals surface area (Å²) < 4.78 is 27.8. The number of amides is 2. The highest BCUT2D eigenvalue weighted by Gasteiger charge is 2.34. The van der Waals surface area contributed by atoms with Crippen LogP contribution >= 0.6 is 0 Å². The number of rotatable bonds is 10. The van der Waals surface area contributed by atoms with E-state index in [1.54, 1.807) is 36.4 Å². The first-order valence-electron chi connectivity index (χ1n) is 11.1. The smallest absolute Gasteiger partial charge is 0.321 e. The van der Waals surface area contributed by atoms with Gasteiger partial charge in [0.15, 0.2) is 0 Å². The van der Waals surface area contributed by atoms with Crippen molar-refractivity contribution in [2.75, 3.05) is 6.54 Å². The number of carbonyl (C=O) groups is 3. The number of sulfonamides is 1. The molecule has 180 valence electrons. The summed E-state index contributed by atoms with van der Waals surface area (Å²) in [6.45, 7) is 0.131. The van der Waals surface area contributed by atoms with E-state index in [4.69, 9.17) is 0 Å². The van der Waals surface area contributed by atoms with Crippen molar-refractivity contribution in [3.63, 3.8) is 0 Å². The molecule has 0 bridgehead atoms. The minimum absolute atomic E-state index is 0.0137. The zero-order valence-electron chi connectivity index (χ0n) is 18.8. The Morgan fingerprint density at radius 3 is 1.91 bits per heavy atom. The minimum Gasteiger partial charge on any atom is -0.480 e. The Morgan fingerprint density at radius 2 is 1.34 bits per heavy atom. The van der Waals surface area contributed by atoms with Crippen LogP contribution in [0.3, 0.4) is 0 Å². The molecule has 0 spiro atoms. The summed E-state index contributed by atoms with van der Waals surface area (Å²) in [5, 5.41) is 9.54. The Labute approximate surface area is 203 Å². The predicted octanol–water partition coefficient (Wildman–Crippen LogP) is 3.55. The van der Waals surface area contributed by atoms with Gasteiger partial charge in [0.05, 0.1) is 16.0 Å². The number of nitrogens with one attached hydrogen (secondary N) is 1. The van der Waals surface area contributed by atoms with Gasteiger partial charge in [-0.2, -0.15) is 4.72 Å². The zero-order chi connectivity index (χ0) is 25.0. The van der Waals surface area contributed by atoms with Crippen LogP contribution in [0.15, 0.2) is 83.8 Å². The Balaban J connectivity index is 1.34. The van der Waals surface area contributed by atoms with Gasteiger partial charge in [-0.1, -0.05) is 54.6 Å². The molecule has 0 aromatic heterocycles. The molecule has 9 heteroatoms. The van der Waals surface area contributed by atoms with Gasteiger partial charge in [-0.3, -0.25) is 19.3 Å². The Morgan fingerprint density at radius 1 is 0.800 bits per heavy atom. The van der Waals surface area contributed by atoms with Gasteiger partial charge in [0.2, 0.25) is 10.0 Å².